The summed E-state index contributed by atoms with van der Waals surface area (Å²) in [5.41, 5.74) is 5.49. The first kappa shape index (κ1) is 21.5. The molecule has 0 atom stereocenters. The molecule has 0 bridgehead atoms. The van der Waals surface area contributed by atoms with Crippen molar-refractivity contribution in [2.45, 2.75) is 27.7 Å². The van der Waals surface area contributed by atoms with Gasteiger partial charge in [-0.25, -0.2) is 0 Å². The van der Waals surface area contributed by atoms with Gasteiger partial charge in [-0.3, -0.25) is 0 Å². The molecule has 0 aliphatic heterocycles. The van der Waals surface area contributed by atoms with E-state index in [0.29, 0.717) is 0 Å². The third-order valence-electron chi connectivity index (χ3n) is 9.67. The van der Waals surface area contributed by atoms with Gasteiger partial charge in [0.05, 0.1) is 0 Å². The second-order valence-corrected chi connectivity index (χ2v) is 12.3. The minimum absolute atomic E-state index is 0.0439. The second kappa shape index (κ2) is 6.96. The molecular formula is C39H28. The Morgan fingerprint density at radius 1 is 0.385 bits per heavy atom. The van der Waals surface area contributed by atoms with Crippen LogP contribution in [0.25, 0.3) is 87.6 Å². The number of benzene rings is 8. The molecule has 0 heterocycles. The standard InChI is InChI=1S/C39H28/c1-21-23-7-5-6-8-27(23)29-13-15-33-32-12-10-26-22(2)24-17-19-39(3,4)20-18-28(24)30-14-16-34(38(32)36(26)30)31-11-9-25(21)35(29)37(31)33/h5-20H,1-4H3. The van der Waals surface area contributed by atoms with E-state index >= 15 is 0 Å². The van der Waals surface area contributed by atoms with E-state index in [1.54, 1.807) is 0 Å². The molecule has 0 amide bonds. The Labute approximate surface area is 227 Å². The summed E-state index contributed by atoms with van der Waals surface area (Å²) >= 11 is 0. The molecule has 0 unspecified atom stereocenters. The van der Waals surface area contributed by atoms with Gasteiger partial charge in [-0.2, -0.15) is 0 Å². The van der Waals surface area contributed by atoms with Crippen molar-refractivity contribution in [3.05, 3.63) is 107 Å². The van der Waals surface area contributed by atoms with E-state index in [9.17, 15) is 0 Å². The fourth-order valence-electron chi connectivity index (χ4n) is 7.69. The molecule has 39 heavy (non-hydrogen) atoms. The largest absolute Gasteiger partial charge is 0.0745 e. The average molecular weight is 497 g/mol. The third-order valence-corrected chi connectivity index (χ3v) is 9.67. The Balaban J connectivity index is 1.54. The van der Waals surface area contributed by atoms with Crippen molar-refractivity contribution < 1.29 is 0 Å². The molecule has 9 rings (SSSR count). The Morgan fingerprint density at radius 2 is 0.795 bits per heavy atom. The number of aryl methyl sites for hydroxylation is 2. The summed E-state index contributed by atoms with van der Waals surface area (Å²) in [6.07, 6.45) is 9.41. The third kappa shape index (κ3) is 2.55. The number of hydrogen-bond donors (Lipinski definition) is 0. The van der Waals surface area contributed by atoms with Crippen molar-refractivity contribution in [1.29, 1.82) is 0 Å². The highest BCUT2D eigenvalue weighted by atomic mass is 14.3. The summed E-state index contributed by atoms with van der Waals surface area (Å²) in [7, 11) is 0. The molecule has 0 nitrogen and oxygen atoms in total. The van der Waals surface area contributed by atoms with Crippen molar-refractivity contribution in [3.8, 4) is 0 Å². The van der Waals surface area contributed by atoms with E-state index in [2.05, 4.69) is 125 Å². The highest BCUT2D eigenvalue weighted by Crippen LogP contribution is 2.49. The fraction of sp³-hybridized carbons (Fsp3) is 0.128. The predicted octanol–water partition coefficient (Wildman–Crippen LogP) is 11.3. The average Bonchev–Trinajstić information content (AvgIpc) is 3.12. The van der Waals surface area contributed by atoms with Crippen LogP contribution in [-0.2, 0) is 0 Å². The first-order valence-corrected chi connectivity index (χ1v) is 14.0. The molecule has 1 aliphatic carbocycles. The lowest BCUT2D eigenvalue weighted by Crippen LogP contribution is -2.00. The molecular weight excluding hydrogens is 468 g/mol. The summed E-state index contributed by atoms with van der Waals surface area (Å²) in [6, 6.07) is 27.9. The van der Waals surface area contributed by atoms with Gasteiger partial charge in [-0.1, -0.05) is 111 Å². The summed E-state index contributed by atoms with van der Waals surface area (Å²) < 4.78 is 0. The van der Waals surface area contributed by atoms with Gasteiger partial charge < -0.3 is 0 Å². The van der Waals surface area contributed by atoms with Gasteiger partial charge in [0.2, 0.25) is 0 Å². The topological polar surface area (TPSA) is 0 Å². The van der Waals surface area contributed by atoms with Crippen LogP contribution in [-0.4, -0.2) is 0 Å². The van der Waals surface area contributed by atoms with Crippen LogP contribution in [0.15, 0.2) is 84.9 Å². The van der Waals surface area contributed by atoms with Gasteiger partial charge in [0, 0.05) is 5.41 Å². The molecule has 184 valence electrons. The number of allylic oxidation sites excluding steroid dienone is 2. The van der Waals surface area contributed by atoms with Gasteiger partial charge in [0.25, 0.3) is 0 Å². The lowest BCUT2D eigenvalue weighted by Gasteiger charge is -2.22. The van der Waals surface area contributed by atoms with Gasteiger partial charge in [0.15, 0.2) is 0 Å². The van der Waals surface area contributed by atoms with Crippen LogP contribution in [0.5, 0.6) is 0 Å². The monoisotopic (exact) mass is 496 g/mol. The minimum Gasteiger partial charge on any atom is -0.0745 e. The van der Waals surface area contributed by atoms with Crippen LogP contribution < -0.4 is 0 Å². The van der Waals surface area contributed by atoms with Gasteiger partial charge >= 0.3 is 0 Å². The molecule has 0 saturated heterocycles. The van der Waals surface area contributed by atoms with Gasteiger partial charge in [-0.05, 0) is 112 Å². The summed E-state index contributed by atoms with van der Waals surface area (Å²) in [5.74, 6) is 0. The normalized spacial score (nSPS) is 15.2. The van der Waals surface area contributed by atoms with E-state index in [-0.39, 0.29) is 5.41 Å². The van der Waals surface area contributed by atoms with Crippen LogP contribution in [0.3, 0.4) is 0 Å². The van der Waals surface area contributed by atoms with Crippen molar-refractivity contribution in [3.63, 3.8) is 0 Å². The Hall–Kier alpha value is -4.42. The molecule has 0 N–H and O–H groups in total. The molecule has 0 radical (unpaired) electrons. The van der Waals surface area contributed by atoms with Gasteiger partial charge in [-0.15, -0.1) is 0 Å². The Bertz CT molecular complexity index is 2390. The maximum absolute atomic E-state index is 2.39. The molecule has 0 aromatic heterocycles. The van der Waals surface area contributed by atoms with E-state index in [1.165, 1.54) is 97.7 Å². The zero-order valence-corrected chi connectivity index (χ0v) is 22.7. The van der Waals surface area contributed by atoms with E-state index < -0.39 is 0 Å². The first-order chi connectivity index (χ1) is 18.9. The maximum Gasteiger partial charge on any atom is 0.00111 e. The van der Waals surface area contributed by atoms with Crippen molar-refractivity contribution in [2.75, 3.05) is 0 Å². The highest BCUT2D eigenvalue weighted by molar-refractivity contribution is 6.41. The lowest BCUT2D eigenvalue weighted by atomic mass is 9.81. The summed E-state index contributed by atoms with van der Waals surface area (Å²) in [4.78, 5) is 0. The van der Waals surface area contributed by atoms with Crippen molar-refractivity contribution in [1.82, 2.24) is 0 Å². The molecule has 0 spiro atoms. The zero-order valence-electron chi connectivity index (χ0n) is 22.7. The van der Waals surface area contributed by atoms with Crippen LogP contribution >= 0.6 is 0 Å². The highest BCUT2D eigenvalue weighted by Gasteiger charge is 2.23. The molecule has 8 aromatic carbocycles. The molecule has 0 heteroatoms. The SMILES string of the molecule is Cc1c2c(c3ccc4c5ccc6c(C)c7ccccc7c7ccc(c8ccc1c3c48)c5c67)C=CC(C)(C)C=C2. The van der Waals surface area contributed by atoms with Crippen LogP contribution in [0, 0.1) is 19.3 Å². The smallest absolute Gasteiger partial charge is 0.00111 e. The van der Waals surface area contributed by atoms with E-state index in [0.717, 1.165) is 0 Å². The quantitative estimate of drug-likeness (QED) is 0.145. The van der Waals surface area contributed by atoms with Gasteiger partial charge in [0.1, 0.15) is 0 Å². The Kier molecular flexibility index (Phi) is 3.84. The predicted molar refractivity (Wildman–Crippen MR) is 173 cm³/mol. The molecule has 0 fully saturated rings. The van der Waals surface area contributed by atoms with E-state index in [4.69, 9.17) is 0 Å². The van der Waals surface area contributed by atoms with Crippen molar-refractivity contribution in [2.24, 2.45) is 5.41 Å². The van der Waals surface area contributed by atoms with E-state index in [1.807, 2.05) is 0 Å². The van der Waals surface area contributed by atoms with Crippen LogP contribution in [0.4, 0.5) is 0 Å². The van der Waals surface area contributed by atoms with Crippen molar-refractivity contribution >= 4 is 87.6 Å². The molecule has 8 aromatic rings. The van der Waals surface area contributed by atoms with Crippen LogP contribution in [0.2, 0.25) is 0 Å². The summed E-state index contributed by atoms with van der Waals surface area (Å²) in [5, 5.41) is 19.3. The molecule has 0 saturated carbocycles. The number of fused-ring (bicyclic) bond motifs is 6. The number of hydrogen-bond acceptors (Lipinski definition) is 0. The summed E-state index contributed by atoms with van der Waals surface area (Å²) in [6.45, 7) is 9.15. The number of rotatable bonds is 0. The lowest BCUT2D eigenvalue weighted by molar-refractivity contribution is 0.633. The maximum atomic E-state index is 2.39. The van der Waals surface area contributed by atoms with Crippen LogP contribution in [0.1, 0.15) is 36.1 Å². The second-order valence-electron chi connectivity index (χ2n) is 12.3. The molecule has 1 aliphatic rings. The first-order valence-electron chi connectivity index (χ1n) is 14.0. The minimum atomic E-state index is 0.0439. The fourth-order valence-corrected chi connectivity index (χ4v) is 7.69. The Morgan fingerprint density at radius 3 is 1.41 bits per heavy atom. The zero-order chi connectivity index (χ0) is 26.2.